The molecule has 0 aromatic heterocycles. The van der Waals surface area contributed by atoms with Gasteiger partial charge in [-0.25, -0.2) is 8.42 Å². The van der Waals surface area contributed by atoms with Gasteiger partial charge in [0.15, 0.2) is 0 Å². The molecule has 4 heteroatoms. The zero-order chi connectivity index (χ0) is 26.3. The van der Waals surface area contributed by atoms with Crippen LogP contribution >= 0.6 is 0 Å². The molecule has 36 heavy (non-hydrogen) atoms. The second-order valence-electron chi connectivity index (χ2n) is 12.4. The van der Waals surface area contributed by atoms with Crippen LogP contribution in [0.4, 0.5) is 0 Å². The molecule has 2 unspecified atom stereocenters. The van der Waals surface area contributed by atoms with Crippen LogP contribution in [0.25, 0.3) is 0 Å². The van der Waals surface area contributed by atoms with Crippen molar-refractivity contribution in [2.24, 2.45) is 0 Å². The summed E-state index contributed by atoms with van der Waals surface area (Å²) in [6.07, 6.45) is 1.59. The van der Waals surface area contributed by atoms with E-state index < -0.39 is 10.0 Å². The van der Waals surface area contributed by atoms with E-state index >= 15 is 0 Å². The van der Waals surface area contributed by atoms with Crippen LogP contribution < -0.4 is 0 Å². The Hall–Kier alpha value is -2.43. The highest BCUT2D eigenvalue weighted by Crippen LogP contribution is 2.43. The lowest BCUT2D eigenvalue weighted by Gasteiger charge is -2.39. The van der Waals surface area contributed by atoms with Crippen LogP contribution in [0.5, 0.6) is 0 Å². The molecule has 1 saturated heterocycles. The van der Waals surface area contributed by atoms with Crippen molar-refractivity contribution >= 4 is 10.0 Å². The van der Waals surface area contributed by atoms with Crippen molar-refractivity contribution in [3.63, 3.8) is 0 Å². The van der Waals surface area contributed by atoms with Crippen molar-refractivity contribution in [1.82, 2.24) is 4.31 Å². The number of piperidine rings is 1. The Bertz CT molecular complexity index is 1280. The number of rotatable bonds is 4. The first-order valence-corrected chi connectivity index (χ1v) is 14.5. The largest absolute Gasteiger partial charge is 0.243 e. The molecule has 3 aromatic rings. The summed E-state index contributed by atoms with van der Waals surface area (Å²) in [5, 5.41) is 0. The number of sulfonamides is 1. The molecule has 192 valence electrons. The van der Waals surface area contributed by atoms with Gasteiger partial charge in [-0.2, -0.15) is 4.31 Å². The van der Waals surface area contributed by atoms with Gasteiger partial charge in [-0.1, -0.05) is 108 Å². The van der Waals surface area contributed by atoms with E-state index in [-0.39, 0.29) is 16.9 Å². The monoisotopic (exact) mass is 503 g/mol. The molecule has 1 aliphatic heterocycles. The van der Waals surface area contributed by atoms with Crippen molar-refractivity contribution in [3.05, 3.63) is 101 Å². The highest BCUT2D eigenvalue weighted by molar-refractivity contribution is 7.89. The highest BCUT2D eigenvalue weighted by atomic mass is 32.2. The van der Waals surface area contributed by atoms with Gasteiger partial charge in [0.25, 0.3) is 0 Å². The molecule has 0 radical (unpaired) electrons. The summed E-state index contributed by atoms with van der Waals surface area (Å²) in [6.45, 7) is 15.8. The fourth-order valence-electron chi connectivity index (χ4n) is 5.14. The van der Waals surface area contributed by atoms with Crippen molar-refractivity contribution in [2.45, 2.75) is 89.0 Å². The summed E-state index contributed by atoms with van der Waals surface area (Å²) < 4.78 is 29.4. The van der Waals surface area contributed by atoms with Crippen molar-refractivity contribution in [2.75, 3.05) is 6.54 Å². The fraction of sp³-hybridized carbons (Fsp3) is 0.438. The Kier molecular flexibility index (Phi) is 7.24. The van der Waals surface area contributed by atoms with Crippen molar-refractivity contribution in [3.8, 4) is 0 Å². The van der Waals surface area contributed by atoms with Crippen LogP contribution in [0.2, 0.25) is 0 Å². The molecule has 0 amide bonds. The molecule has 1 heterocycles. The summed E-state index contributed by atoms with van der Waals surface area (Å²) >= 11 is 0. The fourth-order valence-corrected chi connectivity index (χ4v) is 6.78. The lowest BCUT2D eigenvalue weighted by molar-refractivity contribution is 0.234. The first kappa shape index (κ1) is 26.6. The maximum absolute atomic E-state index is 13.8. The lowest BCUT2D eigenvalue weighted by Crippen LogP contribution is -2.40. The normalized spacial score (nSPS) is 19.9. The minimum atomic E-state index is -3.61. The van der Waals surface area contributed by atoms with E-state index in [2.05, 4.69) is 90.1 Å². The summed E-state index contributed by atoms with van der Waals surface area (Å²) in [5.41, 5.74) is 6.16. The third-order valence-corrected chi connectivity index (χ3v) is 9.51. The van der Waals surface area contributed by atoms with Crippen molar-refractivity contribution in [1.29, 1.82) is 0 Å². The predicted molar refractivity (Wildman–Crippen MR) is 150 cm³/mol. The van der Waals surface area contributed by atoms with E-state index in [4.69, 9.17) is 0 Å². The molecule has 0 spiro atoms. The third-order valence-electron chi connectivity index (χ3n) is 7.59. The van der Waals surface area contributed by atoms with Gasteiger partial charge in [0, 0.05) is 6.54 Å². The Morgan fingerprint density at radius 2 is 1.17 bits per heavy atom. The Labute approximate surface area is 218 Å². The Morgan fingerprint density at radius 3 is 1.64 bits per heavy atom. The quantitative estimate of drug-likeness (QED) is 0.363. The second kappa shape index (κ2) is 9.79. The molecule has 1 fully saturated rings. The van der Waals surface area contributed by atoms with Crippen LogP contribution in [0.3, 0.4) is 0 Å². The first-order valence-electron chi connectivity index (χ1n) is 13.1. The zero-order valence-corrected chi connectivity index (χ0v) is 23.7. The number of aryl methyl sites for hydroxylation is 1. The van der Waals surface area contributed by atoms with E-state index in [0.29, 0.717) is 17.4 Å². The third kappa shape index (κ3) is 5.60. The van der Waals surface area contributed by atoms with Gasteiger partial charge in [0.2, 0.25) is 10.0 Å². The molecule has 2 atom stereocenters. The molecular weight excluding hydrogens is 462 g/mol. The van der Waals surface area contributed by atoms with Crippen LogP contribution in [0.1, 0.15) is 94.2 Å². The topological polar surface area (TPSA) is 37.4 Å². The smallest absolute Gasteiger partial charge is 0.207 e. The van der Waals surface area contributed by atoms with Gasteiger partial charge in [-0.05, 0) is 70.9 Å². The lowest BCUT2D eigenvalue weighted by atomic mass is 9.81. The van der Waals surface area contributed by atoms with Crippen LogP contribution in [0.15, 0.2) is 77.7 Å². The summed E-state index contributed by atoms with van der Waals surface area (Å²) in [7, 11) is -3.61. The average molecular weight is 504 g/mol. The van der Waals surface area contributed by atoms with Gasteiger partial charge < -0.3 is 0 Å². The van der Waals surface area contributed by atoms with E-state index in [9.17, 15) is 8.42 Å². The van der Waals surface area contributed by atoms with E-state index in [1.54, 1.807) is 16.4 Å². The number of hydrogen-bond donors (Lipinski definition) is 0. The number of benzene rings is 3. The van der Waals surface area contributed by atoms with Crippen molar-refractivity contribution < 1.29 is 8.42 Å². The SMILES string of the molecule is Cc1ccc(S(=O)(=O)N2CCC(c3ccc(C(C)(C)C)cc3)CC2c2ccc(C(C)(C)C)cc2)cc1. The van der Waals surface area contributed by atoms with Gasteiger partial charge in [-0.15, -0.1) is 0 Å². The first-order chi connectivity index (χ1) is 16.8. The van der Waals surface area contributed by atoms with Crippen LogP contribution in [-0.2, 0) is 20.9 Å². The molecule has 1 aliphatic rings. The Balaban J connectivity index is 1.70. The average Bonchev–Trinajstić information content (AvgIpc) is 2.83. The molecule has 4 rings (SSSR count). The van der Waals surface area contributed by atoms with E-state index in [0.717, 1.165) is 24.0 Å². The number of hydrogen-bond acceptors (Lipinski definition) is 2. The van der Waals surface area contributed by atoms with Crippen LogP contribution in [-0.4, -0.2) is 19.3 Å². The van der Waals surface area contributed by atoms with Gasteiger partial charge in [0.1, 0.15) is 0 Å². The van der Waals surface area contributed by atoms with E-state index in [1.165, 1.54) is 16.7 Å². The predicted octanol–water partition coefficient (Wildman–Crippen LogP) is 7.90. The molecule has 3 nitrogen and oxygen atoms in total. The van der Waals surface area contributed by atoms with Gasteiger partial charge in [0.05, 0.1) is 10.9 Å². The molecule has 3 aromatic carbocycles. The molecule has 0 bridgehead atoms. The zero-order valence-electron chi connectivity index (χ0n) is 22.9. The van der Waals surface area contributed by atoms with E-state index in [1.807, 2.05) is 19.1 Å². The molecule has 0 N–H and O–H groups in total. The summed E-state index contributed by atoms with van der Waals surface area (Å²) in [5.74, 6) is 0.316. The van der Waals surface area contributed by atoms with Crippen LogP contribution in [0, 0.1) is 6.92 Å². The standard InChI is InChI=1S/C32H41NO2S/c1-23-8-18-29(19-9-23)36(34,35)33-21-20-26(24-10-14-27(15-11-24)31(2,3)4)22-30(33)25-12-16-28(17-13-25)32(5,6)7/h8-19,26,30H,20-22H2,1-7H3. The second-order valence-corrected chi connectivity index (χ2v) is 14.3. The van der Waals surface area contributed by atoms with Gasteiger partial charge >= 0.3 is 0 Å². The summed E-state index contributed by atoms with van der Waals surface area (Å²) in [6, 6.07) is 24.6. The number of nitrogens with zero attached hydrogens (tertiary/aromatic N) is 1. The molecular formula is C32H41NO2S. The Morgan fingerprint density at radius 1 is 0.694 bits per heavy atom. The maximum Gasteiger partial charge on any atom is 0.243 e. The molecule has 0 aliphatic carbocycles. The minimum Gasteiger partial charge on any atom is -0.207 e. The maximum atomic E-state index is 13.8. The summed E-state index contributed by atoms with van der Waals surface area (Å²) in [4.78, 5) is 0.373. The molecule has 0 saturated carbocycles. The van der Waals surface area contributed by atoms with Gasteiger partial charge in [-0.3, -0.25) is 0 Å². The minimum absolute atomic E-state index is 0.0517. The highest BCUT2D eigenvalue weighted by Gasteiger charge is 2.38.